The van der Waals surface area contributed by atoms with Crippen molar-refractivity contribution >= 4 is 11.6 Å². The fourth-order valence-electron chi connectivity index (χ4n) is 1.80. The zero-order valence-electron chi connectivity index (χ0n) is 11.3. The van der Waals surface area contributed by atoms with E-state index in [-0.39, 0.29) is 17.8 Å². The first-order valence-corrected chi connectivity index (χ1v) is 6.49. The van der Waals surface area contributed by atoms with Gasteiger partial charge < -0.3 is 10.6 Å². The highest BCUT2D eigenvalue weighted by Crippen LogP contribution is 2.09. The Hall–Kier alpha value is -2.36. The summed E-state index contributed by atoms with van der Waals surface area (Å²) in [7, 11) is 0. The van der Waals surface area contributed by atoms with E-state index >= 15 is 0 Å². The number of anilines is 1. The summed E-state index contributed by atoms with van der Waals surface area (Å²) < 4.78 is 12.8. The molecule has 0 heterocycles. The van der Waals surface area contributed by atoms with Crippen LogP contribution in [0.1, 0.15) is 12.5 Å². The van der Waals surface area contributed by atoms with Gasteiger partial charge in [-0.15, -0.1) is 0 Å². The van der Waals surface area contributed by atoms with Gasteiger partial charge in [-0.05, 0) is 36.8 Å². The molecule has 1 unspecified atom stereocenters. The van der Waals surface area contributed by atoms with E-state index < -0.39 is 0 Å². The van der Waals surface area contributed by atoms with Crippen LogP contribution in [-0.4, -0.2) is 11.9 Å². The van der Waals surface area contributed by atoms with Crippen molar-refractivity contribution in [2.45, 2.75) is 19.5 Å². The van der Waals surface area contributed by atoms with Crippen LogP contribution in [0.4, 0.5) is 10.1 Å². The number of hydrogen-bond donors (Lipinski definition) is 2. The lowest BCUT2D eigenvalue weighted by atomic mass is 10.2. The number of amides is 1. The Kier molecular flexibility index (Phi) is 4.71. The first-order chi connectivity index (χ1) is 9.65. The van der Waals surface area contributed by atoms with Crippen LogP contribution < -0.4 is 10.6 Å². The van der Waals surface area contributed by atoms with E-state index in [1.807, 2.05) is 30.3 Å². The average molecular weight is 272 g/mol. The van der Waals surface area contributed by atoms with E-state index in [0.29, 0.717) is 12.2 Å². The lowest BCUT2D eigenvalue weighted by Gasteiger charge is -2.15. The molecule has 0 saturated heterocycles. The van der Waals surface area contributed by atoms with Gasteiger partial charge in [0.05, 0.1) is 0 Å². The molecular weight excluding hydrogens is 255 g/mol. The number of carbonyl (C=O) groups excluding carboxylic acids is 1. The van der Waals surface area contributed by atoms with Crippen molar-refractivity contribution in [3.8, 4) is 0 Å². The van der Waals surface area contributed by atoms with Crippen molar-refractivity contribution in [3.63, 3.8) is 0 Å². The molecule has 2 aromatic rings. The van der Waals surface area contributed by atoms with E-state index in [1.165, 1.54) is 12.1 Å². The van der Waals surface area contributed by atoms with Crippen LogP contribution in [-0.2, 0) is 11.3 Å². The van der Waals surface area contributed by atoms with E-state index in [2.05, 4.69) is 10.6 Å². The molecule has 0 saturated carbocycles. The van der Waals surface area contributed by atoms with Gasteiger partial charge in [0.15, 0.2) is 0 Å². The highest BCUT2D eigenvalue weighted by molar-refractivity contribution is 5.84. The summed E-state index contributed by atoms with van der Waals surface area (Å²) in [6, 6.07) is 15.3. The van der Waals surface area contributed by atoms with Crippen LogP contribution >= 0.6 is 0 Å². The normalized spacial score (nSPS) is 11.7. The second-order valence-electron chi connectivity index (χ2n) is 4.58. The molecule has 104 valence electrons. The Bertz CT molecular complexity index is 554. The first kappa shape index (κ1) is 14.1. The van der Waals surface area contributed by atoms with Gasteiger partial charge >= 0.3 is 0 Å². The lowest BCUT2D eigenvalue weighted by molar-refractivity contribution is -0.121. The van der Waals surface area contributed by atoms with Crippen LogP contribution in [0, 0.1) is 5.82 Å². The maximum absolute atomic E-state index is 12.8. The minimum absolute atomic E-state index is 0.0989. The van der Waals surface area contributed by atoms with Crippen molar-refractivity contribution in [2.24, 2.45) is 0 Å². The van der Waals surface area contributed by atoms with Crippen LogP contribution in [0.25, 0.3) is 0 Å². The topological polar surface area (TPSA) is 41.1 Å². The molecule has 0 radical (unpaired) electrons. The van der Waals surface area contributed by atoms with E-state index in [4.69, 9.17) is 0 Å². The van der Waals surface area contributed by atoms with Gasteiger partial charge in [-0.1, -0.05) is 30.3 Å². The molecular formula is C16H17FN2O. The van der Waals surface area contributed by atoms with Gasteiger partial charge in [-0.2, -0.15) is 0 Å². The van der Waals surface area contributed by atoms with Crippen LogP contribution in [0.3, 0.4) is 0 Å². The highest BCUT2D eigenvalue weighted by Gasteiger charge is 2.11. The van der Waals surface area contributed by atoms with E-state index in [0.717, 1.165) is 5.56 Å². The summed E-state index contributed by atoms with van der Waals surface area (Å²) in [4.78, 5) is 11.9. The Labute approximate surface area is 117 Å². The molecule has 2 N–H and O–H groups in total. The molecule has 0 fully saturated rings. The zero-order chi connectivity index (χ0) is 14.4. The van der Waals surface area contributed by atoms with Crippen molar-refractivity contribution in [1.82, 2.24) is 5.32 Å². The Balaban J connectivity index is 1.84. The summed E-state index contributed by atoms with van der Waals surface area (Å²) in [5.41, 5.74) is 1.77. The number of benzene rings is 2. The smallest absolute Gasteiger partial charge is 0.242 e. The molecule has 3 nitrogen and oxygen atoms in total. The van der Waals surface area contributed by atoms with Gasteiger partial charge in [0.25, 0.3) is 0 Å². The summed E-state index contributed by atoms with van der Waals surface area (Å²) in [6.45, 7) is 2.26. The molecule has 2 rings (SSSR count). The molecule has 0 aliphatic rings. The fourth-order valence-corrected chi connectivity index (χ4v) is 1.80. The molecule has 0 bridgehead atoms. The average Bonchev–Trinajstić information content (AvgIpc) is 2.48. The largest absolute Gasteiger partial charge is 0.374 e. The molecule has 4 heteroatoms. The van der Waals surface area contributed by atoms with E-state index in [9.17, 15) is 9.18 Å². The molecule has 20 heavy (non-hydrogen) atoms. The number of carbonyl (C=O) groups is 1. The monoisotopic (exact) mass is 272 g/mol. The molecule has 0 aliphatic heterocycles. The first-order valence-electron chi connectivity index (χ1n) is 6.49. The predicted molar refractivity (Wildman–Crippen MR) is 77.8 cm³/mol. The molecule has 0 aliphatic carbocycles. The minimum Gasteiger partial charge on any atom is -0.374 e. The SMILES string of the molecule is CC(Nc1ccc(F)cc1)C(=O)NCc1ccccc1. The third-order valence-electron chi connectivity index (χ3n) is 2.93. The standard InChI is InChI=1S/C16H17FN2O/c1-12(19-15-9-7-14(17)8-10-15)16(20)18-11-13-5-3-2-4-6-13/h2-10,12,19H,11H2,1H3,(H,18,20). The number of hydrogen-bond acceptors (Lipinski definition) is 2. The summed E-state index contributed by atoms with van der Waals surface area (Å²) in [5.74, 6) is -0.394. The quantitative estimate of drug-likeness (QED) is 0.878. The second kappa shape index (κ2) is 6.70. The van der Waals surface area contributed by atoms with Gasteiger partial charge in [-0.25, -0.2) is 4.39 Å². The third kappa shape index (κ3) is 4.09. The van der Waals surface area contributed by atoms with Crippen molar-refractivity contribution in [2.75, 3.05) is 5.32 Å². The van der Waals surface area contributed by atoms with Crippen molar-refractivity contribution < 1.29 is 9.18 Å². The van der Waals surface area contributed by atoms with Gasteiger partial charge in [-0.3, -0.25) is 4.79 Å². The van der Waals surface area contributed by atoms with Crippen LogP contribution in [0.15, 0.2) is 54.6 Å². The zero-order valence-corrected chi connectivity index (χ0v) is 11.3. The van der Waals surface area contributed by atoms with Gasteiger partial charge in [0.2, 0.25) is 5.91 Å². The van der Waals surface area contributed by atoms with E-state index in [1.54, 1.807) is 19.1 Å². The second-order valence-corrected chi connectivity index (χ2v) is 4.58. The summed E-state index contributed by atoms with van der Waals surface area (Å²) in [6.07, 6.45) is 0. The Morgan fingerprint density at radius 2 is 1.75 bits per heavy atom. The van der Waals surface area contributed by atoms with Crippen LogP contribution in [0.5, 0.6) is 0 Å². The van der Waals surface area contributed by atoms with Crippen molar-refractivity contribution in [3.05, 3.63) is 66.0 Å². The van der Waals surface area contributed by atoms with Gasteiger partial charge in [0.1, 0.15) is 11.9 Å². The number of nitrogens with one attached hydrogen (secondary N) is 2. The summed E-state index contributed by atoms with van der Waals surface area (Å²) in [5, 5.41) is 5.88. The molecule has 1 amide bonds. The molecule has 2 aromatic carbocycles. The minimum atomic E-state index is -0.385. The predicted octanol–water partition coefficient (Wildman–Crippen LogP) is 2.94. The third-order valence-corrected chi connectivity index (χ3v) is 2.93. The number of halogens is 1. The van der Waals surface area contributed by atoms with Gasteiger partial charge in [0, 0.05) is 12.2 Å². The summed E-state index contributed by atoms with van der Waals surface area (Å²) >= 11 is 0. The van der Waals surface area contributed by atoms with Crippen LogP contribution in [0.2, 0.25) is 0 Å². The number of rotatable bonds is 5. The molecule has 1 atom stereocenters. The Morgan fingerprint density at radius 3 is 2.40 bits per heavy atom. The fraction of sp³-hybridized carbons (Fsp3) is 0.188. The maximum atomic E-state index is 12.8. The molecule has 0 spiro atoms. The van der Waals surface area contributed by atoms with Crippen molar-refractivity contribution in [1.29, 1.82) is 0 Å². The lowest BCUT2D eigenvalue weighted by Crippen LogP contribution is -2.37. The highest BCUT2D eigenvalue weighted by atomic mass is 19.1. The molecule has 0 aromatic heterocycles. The Morgan fingerprint density at radius 1 is 1.10 bits per heavy atom. The maximum Gasteiger partial charge on any atom is 0.242 e.